The van der Waals surface area contributed by atoms with Crippen LogP contribution < -0.4 is 0 Å². The van der Waals surface area contributed by atoms with Crippen molar-refractivity contribution in [2.75, 3.05) is 0 Å². The van der Waals surface area contributed by atoms with Gasteiger partial charge >= 0.3 is 0 Å². The minimum Gasteiger partial charge on any atom is -0.0616 e. The first-order valence-electron chi connectivity index (χ1n) is 11.6. The molecule has 0 aliphatic rings. The van der Waals surface area contributed by atoms with E-state index in [4.69, 9.17) is 0 Å². The fraction of sp³-hybridized carbons (Fsp3) is 0.0909. The summed E-state index contributed by atoms with van der Waals surface area (Å²) in [6.07, 6.45) is 0. The van der Waals surface area contributed by atoms with Gasteiger partial charge in [-0.1, -0.05) is 114 Å². The van der Waals surface area contributed by atoms with Crippen molar-refractivity contribution in [1.29, 1.82) is 0 Å². The van der Waals surface area contributed by atoms with Gasteiger partial charge in [0.25, 0.3) is 0 Å². The maximum Gasteiger partial charge on any atom is 0.0215 e. The van der Waals surface area contributed by atoms with Crippen LogP contribution in [-0.4, -0.2) is 0 Å². The third-order valence-corrected chi connectivity index (χ3v) is 7.27. The molecule has 5 rings (SSSR count). The molecule has 0 spiro atoms. The van der Waals surface area contributed by atoms with Gasteiger partial charge in [0.05, 0.1) is 0 Å². The van der Waals surface area contributed by atoms with Gasteiger partial charge in [-0.2, -0.15) is 0 Å². The molecule has 0 nitrogen and oxygen atoms in total. The lowest BCUT2D eigenvalue weighted by Crippen LogP contribution is -2.00. The Kier molecular flexibility index (Phi) is 6.38. The minimum atomic E-state index is 1.23. The summed E-state index contributed by atoms with van der Waals surface area (Å²) in [5.41, 5.74) is 11.3. The van der Waals surface area contributed by atoms with E-state index >= 15 is 0 Å². The highest BCUT2D eigenvalue weighted by atomic mass is 127. The summed E-state index contributed by atoms with van der Waals surface area (Å²) in [7, 11) is 0. The largest absolute Gasteiger partial charge is 0.0616 e. The molecule has 0 fully saturated rings. The van der Waals surface area contributed by atoms with Crippen LogP contribution in [0.4, 0.5) is 0 Å². The molecular formula is C33H27I. The molecule has 0 unspecified atom stereocenters. The third-order valence-electron chi connectivity index (χ3n) is 6.38. The Morgan fingerprint density at radius 1 is 0.471 bits per heavy atom. The SMILES string of the molecule is Cc1ccc(C(=C(c2ccc(C)cc2)c2cc3ccccc3cc2I)c2ccc(C)cc2)cc1. The highest BCUT2D eigenvalue weighted by Crippen LogP contribution is 2.40. The molecule has 0 aliphatic heterocycles. The predicted octanol–water partition coefficient (Wildman–Crippen LogP) is 9.38. The molecule has 0 bridgehead atoms. The normalized spacial score (nSPS) is 10.9. The Morgan fingerprint density at radius 3 is 1.29 bits per heavy atom. The second-order valence-corrected chi connectivity index (χ2v) is 10.2. The van der Waals surface area contributed by atoms with Crippen LogP contribution in [0.25, 0.3) is 21.9 Å². The first-order chi connectivity index (χ1) is 16.5. The number of hydrogen-bond donors (Lipinski definition) is 0. The lowest BCUT2D eigenvalue weighted by atomic mass is 9.84. The number of hydrogen-bond acceptors (Lipinski definition) is 0. The highest BCUT2D eigenvalue weighted by Gasteiger charge is 2.19. The number of rotatable bonds is 4. The van der Waals surface area contributed by atoms with Gasteiger partial charge in [0.15, 0.2) is 0 Å². The molecule has 0 aromatic heterocycles. The van der Waals surface area contributed by atoms with E-state index in [0.717, 1.165) is 0 Å². The van der Waals surface area contributed by atoms with Crippen molar-refractivity contribution in [2.45, 2.75) is 20.8 Å². The molecule has 34 heavy (non-hydrogen) atoms. The highest BCUT2D eigenvalue weighted by molar-refractivity contribution is 14.1. The Morgan fingerprint density at radius 2 is 0.853 bits per heavy atom. The first kappa shape index (κ1) is 22.6. The van der Waals surface area contributed by atoms with Crippen molar-refractivity contribution in [1.82, 2.24) is 0 Å². The van der Waals surface area contributed by atoms with Gasteiger partial charge in [-0.05, 0) is 99.7 Å². The van der Waals surface area contributed by atoms with Gasteiger partial charge in [-0.15, -0.1) is 0 Å². The van der Waals surface area contributed by atoms with Crippen LogP contribution >= 0.6 is 22.6 Å². The Balaban J connectivity index is 1.91. The fourth-order valence-corrected chi connectivity index (χ4v) is 5.22. The molecule has 1 heteroatoms. The molecule has 0 atom stereocenters. The zero-order chi connectivity index (χ0) is 23.7. The smallest absolute Gasteiger partial charge is 0.0215 e. The van der Waals surface area contributed by atoms with E-state index in [1.807, 2.05) is 0 Å². The van der Waals surface area contributed by atoms with Gasteiger partial charge in [0.1, 0.15) is 0 Å². The predicted molar refractivity (Wildman–Crippen MR) is 155 cm³/mol. The van der Waals surface area contributed by atoms with E-state index in [-0.39, 0.29) is 0 Å². The van der Waals surface area contributed by atoms with Crippen molar-refractivity contribution in [3.8, 4) is 0 Å². The molecule has 0 N–H and O–H groups in total. The average Bonchev–Trinajstić information content (AvgIpc) is 2.85. The van der Waals surface area contributed by atoms with Crippen LogP contribution in [0, 0.1) is 24.3 Å². The monoisotopic (exact) mass is 550 g/mol. The quantitative estimate of drug-likeness (QED) is 0.155. The summed E-state index contributed by atoms with van der Waals surface area (Å²) < 4.78 is 1.25. The molecule has 0 saturated heterocycles. The van der Waals surface area contributed by atoms with Gasteiger partial charge in [0, 0.05) is 3.57 Å². The van der Waals surface area contributed by atoms with E-state index in [2.05, 4.69) is 153 Å². The molecule has 0 radical (unpaired) electrons. The first-order valence-corrected chi connectivity index (χ1v) is 12.7. The minimum absolute atomic E-state index is 1.23. The summed E-state index contributed by atoms with van der Waals surface area (Å²) >= 11 is 2.51. The van der Waals surface area contributed by atoms with Crippen LogP contribution in [0.2, 0.25) is 0 Å². The van der Waals surface area contributed by atoms with Crippen molar-refractivity contribution in [2.24, 2.45) is 0 Å². The van der Waals surface area contributed by atoms with Gasteiger partial charge in [-0.3, -0.25) is 0 Å². The summed E-state index contributed by atoms with van der Waals surface area (Å²) in [6, 6.07) is 40.1. The van der Waals surface area contributed by atoms with Crippen LogP contribution in [0.15, 0.2) is 109 Å². The maximum absolute atomic E-state index is 2.51. The number of fused-ring (bicyclic) bond motifs is 1. The fourth-order valence-electron chi connectivity index (χ4n) is 4.45. The summed E-state index contributed by atoms with van der Waals surface area (Å²) in [4.78, 5) is 0. The zero-order valence-electron chi connectivity index (χ0n) is 19.8. The van der Waals surface area contributed by atoms with E-state index in [1.54, 1.807) is 0 Å². The number of benzene rings is 5. The summed E-state index contributed by atoms with van der Waals surface area (Å²) in [6.45, 7) is 6.44. The molecule has 0 aliphatic carbocycles. The van der Waals surface area contributed by atoms with E-state index in [0.29, 0.717) is 0 Å². The molecule has 5 aromatic rings. The molecule has 166 valence electrons. The van der Waals surface area contributed by atoms with E-state index < -0.39 is 0 Å². The van der Waals surface area contributed by atoms with Crippen molar-refractivity contribution >= 4 is 44.5 Å². The van der Waals surface area contributed by atoms with Crippen LogP contribution in [-0.2, 0) is 0 Å². The zero-order valence-corrected chi connectivity index (χ0v) is 21.9. The third kappa shape index (κ3) is 4.58. The Labute approximate surface area is 216 Å². The lowest BCUT2D eigenvalue weighted by molar-refractivity contribution is 1.41. The standard InChI is InChI=1S/C33H27I/c1-22-8-14-25(15-9-22)32(26-16-10-23(2)11-17-26)33(27-18-12-24(3)13-19-27)30-20-28-6-4-5-7-29(28)21-31(30)34/h4-21H,1-3H3. The summed E-state index contributed by atoms with van der Waals surface area (Å²) in [5, 5.41) is 2.53. The Bertz CT molecular complexity index is 1440. The van der Waals surface area contributed by atoms with Crippen LogP contribution in [0.5, 0.6) is 0 Å². The summed E-state index contributed by atoms with van der Waals surface area (Å²) in [5.74, 6) is 0. The van der Waals surface area contributed by atoms with E-state index in [9.17, 15) is 0 Å². The van der Waals surface area contributed by atoms with Gasteiger partial charge in [-0.25, -0.2) is 0 Å². The number of aryl methyl sites for hydroxylation is 3. The molecule has 0 amide bonds. The Hall–Kier alpha value is -3.17. The maximum atomic E-state index is 2.51. The lowest BCUT2D eigenvalue weighted by Gasteiger charge is -2.20. The van der Waals surface area contributed by atoms with Crippen molar-refractivity contribution in [3.05, 3.63) is 152 Å². The molecule has 0 heterocycles. The van der Waals surface area contributed by atoms with Gasteiger partial charge < -0.3 is 0 Å². The molecule has 5 aromatic carbocycles. The van der Waals surface area contributed by atoms with E-state index in [1.165, 1.54) is 64.4 Å². The molecule has 0 saturated carbocycles. The van der Waals surface area contributed by atoms with Crippen molar-refractivity contribution in [3.63, 3.8) is 0 Å². The average molecular weight is 550 g/mol. The topological polar surface area (TPSA) is 0 Å². The number of halogens is 1. The van der Waals surface area contributed by atoms with Crippen LogP contribution in [0.1, 0.15) is 38.9 Å². The second kappa shape index (κ2) is 9.60. The van der Waals surface area contributed by atoms with Crippen molar-refractivity contribution < 1.29 is 0 Å². The van der Waals surface area contributed by atoms with Gasteiger partial charge in [0.2, 0.25) is 0 Å². The molecular weight excluding hydrogens is 523 g/mol. The van der Waals surface area contributed by atoms with Crippen LogP contribution in [0.3, 0.4) is 0 Å². The second-order valence-electron chi connectivity index (χ2n) is 9.03.